The van der Waals surface area contributed by atoms with Crippen LogP contribution in [0.5, 0.6) is 23.0 Å². The van der Waals surface area contributed by atoms with Gasteiger partial charge >= 0.3 is 0 Å². The number of nitrogens with zero attached hydrogens (tertiary/aromatic N) is 1. The molecule has 0 aromatic heterocycles. The van der Waals surface area contributed by atoms with Crippen LogP contribution >= 0.6 is 0 Å². The number of ether oxygens (including phenoxy) is 3. The van der Waals surface area contributed by atoms with E-state index < -0.39 is 0 Å². The average molecular weight is 397 g/mol. The second-order valence-corrected chi connectivity index (χ2v) is 6.64. The molecule has 0 bridgehead atoms. The van der Waals surface area contributed by atoms with E-state index >= 15 is 0 Å². The van der Waals surface area contributed by atoms with Gasteiger partial charge in [-0.1, -0.05) is 18.2 Å². The summed E-state index contributed by atoms with van der Waals surface area (Å²) in [4.78, 5) is 2.17. The van der Waals surface area contributed by atoms with Crippen molar-refractivity contribution in [3.63, 3.8) is 0 Å². The average Bonchev–Trinajstić information content (AvgIpc) is 2.82. The lowest BCUT2D eigenvalue weighted by Gasteiger charge is -2.26. The Hall–Kier alpha value is -3.92. The number of hydrogen-bond donors (Lipinski definition) is 0. The standard InChI is InChI=1S/C26H23NO3/c1-28-23-14-8-20(9-15-23)27(21-10-16-24(29-2)17-11-21)22-12-18-26(19-13-22)30-25-6-4-3-5-7-25/h3-19H,1-2H3. The maximum atomic E-state index is 5.93. The minimum atomic E-state index is 0.786. The van der Waals surface area contributed by atoms with Crippen LogP contribution in [-0.4, -0.2) is 14.2 Å². The number of rotatable bonds is 7. The zero-order valence-corrected chi connectivity index (χ0v) is 17.0. The summed E-state index contributed by atoms with van der Waals surface area (Å²) in [5.41, 5.74) is 3.07. The molecule has 0 radical (unpaired) electrons. The van der Waals surface area contributed by atoms with Gasteiger partial charge in [0.1, 0.15) is 23.0 Å². The highest BCUT2D eigenvalue weighted by Crippen LogP contribution is 2.37. The van der Waals surface area contributed by atoms with Gasteiger partial charge in [-0.3, -0.25) is 0 Å². The Balaban J connectivity index is 1.67. The van der Waals surface area contributed by atoms with Gasteiger partial charge in [-0.25, -0.2) is 0 Å². The molecule has 4 heteroatoms. The molecule has 0 heterocycles. The Bertz CT molecular complexity index is 1010. The van der Waals surface area contributed by atoms with Gasteiger partial charge in [-0.2, -0.15) is 0 Å². The fourth-order valence-corrected chi connectivity index (χ4v) is 3.20. The maximum absolute atomic E-state index is 5.93. The lowest BCUT2D eigenvalue weighted by atomic mass is 10.2. The summed E-state index contributed by atoms with van der Waals surface area (Å²) < 4.78 is 16.6. The van der Waals surface area contributed by atoms with Crippen LogP contribution in [0.4, 0.5) is 17.1 Å². The monoisotopic (exact) mass is 397 g/mol. The van der Waals surface area contributed by atoms with Gasteiger partial charge < -0.3 is 19.1 Å². The molecule has 0 saturated heterocycles. The summed E-state index contributed by atoms with van der Waals surface area (Å²) >= 11 is 0. The minimum absolute atomic E-state index is 0.786. The van der Waals surface area contributed by atoms with E-state index in [1.807, 2.05) is 103 Å². The third kappa shape index (κ3) is 4.39. The van der Waals surface area contributed by atoms with Gasteiger partial charge in [0.15, 0.2) is 0 Å². The fraction of sp³-hybridized carbons (Fsp3) is 0.0769. The number of hydrogen-bond acceptors (Lipinski definition) is 4. The molecule has 4 rings (SSSR count). The summed E-state index contributed by atoms with van der Waals surface area (Å²) in [5.74, 6) is 3.24. The molecule has 0 aliphatic carbocycles. The molecule has 4 aromatic rings. The first-order chi connectivity index (χ1) is 14.8. The Morgan fingerprint density at radius 1 is 0.433 bits per heavy atom. The molecule has 0 saturated carbocycles. The van der Waals surface area contributed by atoms with Crippen LogP contribution in [0.15, 0.2) is 103 Å². The van der Waals surface area contributed by atoms with Crippen molar-refractivity contribution < 1.29 is 14.2 Å². The normalized spacial score (nSPS) is 10.3. The number of anilines is 3. The Morgan fingerprint density at radius 3 is 1.20 bits per heavy atom. The highest BCUT2D eigenvalue weighted by molar-refractivity contribution is 5.77. The van der Waals surface area contributed by atoms with Crippen molar-refractivity contribution in [2.75, 3.05) is 19.1 Å². The minimum Gasteiger partial charge on any atom is -0.497 e. The predicted molar refractivity (Wildman–Crippen MR) is 121 cm³/mol. The second kappa shape index (κ2) is 9.05. The summed E-state index contributed by atoms with van der Waals surface area (Å²) in [6.07, 6.45) is 0. The predicted octanol–water partition coefficient (Wildman–Crippen LogP) is 6.97. The maximum Gasteiger partial charge on any atom is 0.127 e. The lowest BCUT2D eigenvalue weighted by Crippen LogP contribution is -2.09. The van der Waals surface area contributed by atoms with E-state index in [9.17, 15) is 0 Å². The zero-order valence-electron chi connectivity index (χ0n) is 17.0. The first-order valence-corrected chi connectivity index (χ1v) is 9.68. The van der Waals surface area contributed by atoms with E-state index in [0.29, 0.717) is 0 Å². The van der Waals surface area contributed by atoms with Crippen LogP contribution in [0.25, 0.3) is 0 Å². The van der Waals surface area contributed by atoms with Crippen LogP contribution < -0.4 is 19.1 Å². The first kappa shape index (κ1) is 19.4. The van der Waals surface area contributed by atoms with Crippen LogP contribution in [0, 0.1) is 0 Å². The molecule has 150 valence electrons. The van der Waals surface area contributed by atoms with Crippen LogP contribution in [0.1, 0.15) is 0 Å². The second-order valence-electron chi connectivity index (χ2n) is 6.64. The van der Waals surface area contributed by atoms with Crippen LogP contribution in [-0.2, 0) is 0 Å². The van der Waals surface area contributed by atoms with E-state index in [2.05, 4.69) is 4.90 Å². The molecular weight excluding hydrogens is 374 g/mol. The SMILES string of the molecule is COc1ccc(N(c2ccc(OC)cc2)c2ccc(Oc3ccccc3)cc2)cc1. The number of methoxy groups -OCH3 is 2. The molecule has 0 atom stereocenters. The van der Waals surface area contributed by atoms with E-state index in [1.165, 1.54) is 0 Å². The van der Waals surface area contributed by atoms with E-state index in [0.717, 1.165) is 40.1 Å². The third-order valence-corrected chi connectivity index (χ3v) is 4.74. The molecule has 0 N–H and O–H groups in total. The summed E-state index contributed by atoms with van der Waals surface area (Å²) in [5, 5.41) is 0. The molecular formula is C26H23NO3. The quantitative estimate of drug-likeness (QED) is 0.337. The number of para-hydroxylation sites is 1. The van der Waals surface area contributed by atoms with Crippen molar-refractivity contribution in [1.82, 2.24) is 0 Å². The molecule has 30 heavy (non-hydrogen) atoms. The summed E-state index contributed by atoms with van der Waals surface area (Å²) in [6.45, 7) is 0. The molecule has 0 spiro atoms. The first-order valence-electron chi connectivity index (χ1n) is 9.68. The highest BCUT2D eigenvalue weighted by atomic mass is 16.5. The molecule has 4 aromatic carbocycles. The van der Waals surface area contributed by atoms with Crippen LogP contribution in [0.3, 0.4) is 0 Å². The smallest absolute Gasteiger partial charge is 0.127 e. The highest BCUT2D eigenvalue weighted by Gasteiger charge is 2.13. The van der Waals surface area contributed by atoms with Gasteiger partial charge in [0.05, 0.1) is 14.2 Å². The summed E-state index contributed by atoms with van der Waals surface area (Å²) in [6, 6.07) is 33.8. The molecule has 0 unspecified atom stereocenters. The molecule has 0 aliphatic heterocycles. The van der Waals surface area contributed by atoms with E-state index in [1.54, 1.807) is 14.2 Å². The zero-order chi connectivity index (χ0) is 20.8. The molecule has 4 nitrogen and oxygen atoms in total. The Kier molecular flexibility index (Phi) is 5.85. The van der Waals surface area contributed by atoms with E-state index in [4.69, 9.17) is 14.2 Å². The van der Waals surface area contributed by atoms with Gasteiger partial charge in [0.2, 0.25) is 0 Å². The lowest BCUT2D eigenvalue weighted by molar-refractivity contribution is 0.415. The Morgan fingerprint density at radius 2 is 0.800 bits per heavy atom. The largest absolute Gasteiger partial charge is 0.497 e. The molecule has 0 aliphatic rings. The third-order valence-electron chi connectivity index (χ3n) is 4.74. The van der Waals surface area contributed by atoms with E-state index in [-0.39, 0.29) is 0 Å². The number of benzene rings is 4. The summed E-state index contributed by atoms with van der Waals surface area (Å²) in [7, 11) is 3.34. The van der Waals surface area contributed by atoms with Crippen molar-refractivity contribution in [1.29, 1.82) is 0 Å². The van der Waals surface area contributed by atoms with Gasteiger partial charge in [0, 0.05) is 17.1 Å². The van der Waals surface area contributed by atoms with Gasteiger partial charge in [0.25, 0.3) is 0 Å². The van der Waals surface area contributed by atoms with Crippen molar-refractivity contribution >= 4 is 17.1 Å². The van der Waals surface area contributed by atoms with Crippen molar-refractivity contribution in [2.24, 2.45) is 0 Å². The molecule has 0 amide bonds. The fourth-order valence-electron chi connectivity index (χ4n) is 3.20. The van der Waals surface area contributed by atoms with Gasteiger partial charge in [-0.15, -0.1) is 0 Å². The molecule has 0 fully saturated rings. The van der Waals surface area contributed by atoms with Crippen molar-refractivity contribution in [3.05, 3.63) is 103 Å². The van der Waals surface area contributed by atoms with Crippen LogP contribution in [0.2, 0.25) is 0 Å². The van der Waals surface area contributed by atoms with Crippen molar-refractivity contribution in [3.8, 4) is 23.0 Å². The van der Waals surface area contributed by atoms with Gasteiger partial charge in [-0.05, 0) is 84.9 Å². The van der Waals surface area contributed by atoms with Crippen molar-refractivity contribution in [2.45, 2.75) is 0 Å². The topological polar surface area (TPSA) is 30.9 Å². The Labute approximate surface area is 176 Å².